The number of amides is 1. The van der Waals surface area contributed by atoms with Gasteiger partial charge in [-0.15, -0.1) is 0 Å². The first-order chi connectivity index (χ1) is 7.65. The van der Waals surface area contributed by atoms with Gasteiger partial charge < -0.3 is 10.4 Å². The van der Waals surface area contributed by atoms with E-state index in [-0.39, 0.29) is 11.3 Å². The van der Waals surface area contributed by atoms with E-state index in [0.29, 0.717) is 6.54 Å². The number of rotatable bonds is 5. The molecule has 0 fully saturated rings. The SMILES string of the molecule is O=C(NCCCCI)c1ccc(O)cc1F. The van der Waals surface area contributed by atoms with Crippen LogP contribution in [0.25, 0.3) is 0 Å². The summed E-state index contributed by atoms with van der Waals surface area (Å²) in [6.07, 6.45) is 1.91. The first kappa shape index (κ1) is 13.2. The molecular formula is C11H13FINO2. The summed E-state index contributed by atoms with van der Waals surface area (Å²) in [5.74, 6) is -1.32. The summed E-state index contributed by atoms with van der Waals surface area (Å²) < 4.78 is 14.3. The second kappa shape index (κ2) is 6.67. The molecule has 16 heavy (non-hydrogen) atoms. The topological polar surface area (TPSA) is 49.3 Å². The zero-order valence-electron chi connectivity index (χ0n) is 8.67. The van der Waals surface area contributed by atoms with Gasteiger partial charge in [-0.25, -0.2) is 4.39 Å². The molecule has 2 N–H and O–H groups in total. The van der Waals surface area contributed by atoms with E-state index in [1.165, 1.54) is 12.1 Å². The Morgan fingerprint density at radius 1 is 1.44 bits per heavy atom. The predicted molar refractivity (Wildman–Crippen MR) is 68.5 cm³/mol. The third kappa shape index (κ3) is 3.96. The Morgan fingerprint density at radius 2 is 2.19 bits per heavy atom. The van der Waals surface area contributed by atoms with Crippen LogP contribution in [0.3, 0.4) is 0 Å². The maximum Gasteiger partial charge on any atom is 0.254 e. The van der Waals surface area contributed by atoms with E-state index in [4.69, 9.17) is 5.11 Å². The number of benzene rings is 1. The number of aromatic hydroxyl groups is 1. The second-order valence-corrected chi connectivity index (χ2v) is 4.39. The Kier molecular flexibility index (Phi) is 5.51. The number of unbranched alkanes of at least 4 members (excludes halogenated alkanes) is 1. The summed E-state index contributed by atoms with van der Waals surface area (Å²) in [6, 6.07) is 3.50. The molecule has 0 aliphatic carbocycles. The lowest BCUT2D eigenvalue weighted by molar-refractivity contribution is 0.0949. The Labute approximate surface area is 107 Å². The van der Waals surface area contributed by atoms with Crippen LogP contribution in [0, 0.1) is 5.82 Å². The van der Waals surface area contributed by atoms with Crippen molar-refractivity contribution in [2.24, 2.45) is 0 Å². The fourth-order valence-electron chi connectivity index (χ4n) is 1.20. The number of halogens is 2. The summed E-state index contributed by atoms with van der Waals surface area (Å²) in [4.78, 5) is 11.5. The van der Waals surface area contributed by atoms with Gasteiger partial charge in [0, 0.05) is 12.6 Å². The van der Waals surface area contributed by atoms with Crippen molar-refractivity contribution in [3.8, 4) is 5.75 Å². The molecule has 0 bridgehead atoms. The number of carbonyl (C=O) groups is 1. The van der Waals surface area contributed by atoms with Crippen LogP contribution in [0.2, 0.25) is 0 Å². The van der Waals surface area contributed by atoms with Crippen molar-refractivity contribution in [1.29, 1.82) is 0 Å². The van der Waals surface area contributed by atoms with Crippen LogP contribution in [-0.2, 0) is 0 Å². The van der Waals surface area contributed by atoms with Crippen LogP contribution >= 0.6 is 22.6 Å². The predicted octanol–water partition coefficient (Wildman–Crippen LogP) is 2.48. The van der Waals surface area contributed by atoms with Crippen molar-refractivity contribution in [1.82, 2.24) is 5.32 Å². The minimum Gasteiger partial charge on any atom is -0.508 e. The van der Waals surface area contributed by atoms with E-state index in [1.54, 1.807) is 0 Å². The smallest absolute Gasteiger partial charge is 0.254 e. The standard InChI is InChI=1S/C11H13FINO2/c12-10-7-8(15)3-4-9(10)11(16)14-6-2-1-5-13/h3-4,7,15H,1-2,5-6H2,(H,14,16). The number of alkyl halides is 1. The fraction of sp³-hybridized carbons (Fsp3) is 0.364. The molecule has 0 atom stereocenters. The van der Waals surface area contributed by atoms with Crippen molar-refractivity contribution >= 4 is 28.5 Å². The molecule has 1 rings (SSSR count). The first-order valence-corrected chi connectivity index (χ1v) is 6.50. The quantitative estimate of drug-likeness (QED) is 0.493. The van der Waals surface area contributed by atoms with Crippen LogP contribution in [0.5, 0.6) is 5.75 Å². The fourth-order valence-corrected chi connectivity index (χ4v) is 1.74. The van der Waals surface area contributed by atoms with E-state index in [9.17, 15) is 9.18 Å². The monoisotopic (exact) mass is 337 g/mol. The summed E-state index contributed by atoms with van der Waals surface area (Å²) in [6.45, 7) is 0.544. The van der Waals surface area contributed by atoms with Gasteiger partial charge in [-0.2, -0.15) is 0 Å². The highest BCUT2D eigenvalue weighted by Gasteiger charge is 2.11. The highest BCUT2D eigenvalue weighted by atomic mass is 127. The van der Waals surface area contributed by atoms with Crippen LogP contribution in [0.1, 0.15) is 23.2 Å². The van der Waals surface area contributed by atoms with Gasteiger partial charge in [0.15, 0.2) is 0 Å². The van der Waals surface area contributed by atoms with Gasteiger partial charge in [0.05, 0.1) is 5.56 Å². The van der Waals surface area contributed by atoms with Crippen molar-refractivity contribution in [2.45, 2.75) is 12.8 Å². The largest absolute Gasteiger partial charge is 0.508 e. The van der Waals surface area contributed by atoms with Gasteiger partial charge in [0.2, 0.25) is 0 Å². The molecule has 0 saturated carbocycles. The minimum absolute atomic E-state index is 0.0349. The molecule has 3 nitrogen and oxygen atoms in total. The highest BCUT2D eigenvalue weighted by Crippen LogP contribution is 2.14. The van der Waals surface area contributed by atoms with Crippen LogP contribution < -0.4 is 5.32 Å². The van der Waals surface area contributed by atoms with Crippen molar-refractivity contribution in [2.75, 3.05) is 11.0 Å². The van der Waals surface area contributed by atoms with Crippen molar-refractivity contribution < 1.29 is 14.3 Å². The van der Waals surface area contributed by atoms with Gasteiger partial charge in [-0.05, 0) is 29.4 Å². The lowest BCUT2D eigenvalue weighted by Gasteiger charge is -2.05. The van der Waals surface area contributed by atoms with Crippen LogP contribution in [0.4, 0.5) is 4.39 Å². The molecule has 1 aromatic carbocycles. The number of hydrogen-bond acceptors (Lipinski definition) is 2. The van der Waals surface area contributed by atoms with Gasteiger partial charge >= 0.3 is 0 Å². The molecule has 0 aliphatic heterocycles. The Balaban J connectivity index is 2.53. The molecule has 0 heterocycles. The van der Waals surface area contributed by atoms with E-state index in [0.717, 1.165) is 23.3 Å². The Bertz CT molecular complexity index is 371. The molecular weight excluding hydrogens is 324 g/mol. The number of hydrogen-bond donors (Lipinski definition) is 2. The van der Waals surface area contributed by atoms with E-state index >= 15 is 0 Å². The molecule has 0 saturated heterocycles. The van der Waals surface area contributed by atoms with E-state index < -0.39 is 11.7 Å². The van der Waals surface area contributed by atoms with Crippen LogP contribution in [0.15, 0.2) is 18.2 Å². The maximum atomic E-state index is 13.3. The summed E-state index contributed by atoms with van der Waals surface area (Å²) >= 11 is 2.26. The zero-order chi connectivity index (χ0) is 12.0. The van der Waals surface area contributed by atoms with Crippen molar-refractivity contribution in [3.63, 3.8) is 0 Å². The third-order valence-electron chi connectivity index (χ3n) is 2.04. The molecule has 1 amide bonds. The average Bonchev–Trinajstić information content (AvgIpc) is 2.24. The molecule has 0 aliphatic rings. The second-order valence-electron chi connectivity index (χ2n) is 3.32. The van der Waals surface area contributed by atoms with Gasteiger partial charge in [-0.3, -0.25) is 4.79 Å². The average molecular weight is 337 g/mol. The molecule has 88 valence electrons. The maximum absolute atomic E-state index is 13.3. The highest BCUT2D eigenvalue weighted by molar-refractivity contribution is 14.1. The number of phenolic OH excluding ortho intramolecular Hbond substituents is 1. The van der Waals surface area contributed by atoms with Crippen LogP contribution in [-0.4, -0.2) is 22.0 Å². The van der Waals surface area contributed by atoms with E-state index in [2.05, 4.69) is 27.9 Å². The van der Waals surface area contributed by atoms with Gasteiger partial charge in [0.25, 0.3) is 5.91 Å². The number of carbonyl (C=O) groups excluding carboxylic acids is 1. The third-order valence-corrected chi connectivity index (χ3v) is 2.81. The minimum atomic E-state index is -0.702. The number of nitrogens with one attached hydrogen (secondary N) is 1. The molecule has 0 unspecified atom stereocenters. The summed E-state index contributed by atoms with van der Waals surface area (Å²) in [5, 5.41) is 11.6. The van der Waals surface area contributed by atoms with Crippen molar-refractivity contribution in [3.05, 3.63) is 29.6 Å². The lowest BCUT2D eigenvalue weighted by Crippen LogP contribution is -2.25. The number of phenols is 1. The van der Waals surface area contributed by atoms with Gasteiger partial charge in [-0.1, -0.05) is 22.6 Å². The molecule has 0 radical (unpaired) electrons. The Morgan fingerprint density at radius 3 is 2.81 bits per heavy atom. The van der Waals surface area contributed by atoms with E-state index in [1.807, 2.05) is 0 Å². The normalized spacial score (nSPS) is 10.1. The summed E-state index contributed by atoms with van der Waals surface area (Å²) in [5.41, 5.74) is -0.0349. The Hall–Kier alpha value is -0.850. The molecule has 0 spiro atoms. The zero-order valence-corrected chi connectivity index (χ0v) is 10.8. The summed E-state index contributed by atoms with van der Waals surface area (Å²) in [7, 11) is 0. The van der Waals surface area contributed by atoms with Gasteiger partial charge in [0.1, 0.15) is 11.6 Å². The molecule has 1 aromatic rings. The molecule has 0 aromatic heterocycles. The lowest BCUT2D eigenvalue weighted by atomic mass is 10.2. The first-order valence-electron chi connectivity index (χ1n) is 4.98. The molecule has 5 heteroatoms.